The number of aryl methyl sites for hydroxylation is 1. The summed E-state index contributed by atoms with van der Waals surface area (Å²) in [6, 6.07) is 4.18. The Kier molecular flexibility index (Phi) is 5.68. The average molecular weight is 312 g/mol. The topological polar surface area (TPSA) is 70.7 Å². The van der Waals surface area contributed by atoms with E-state index in [0.717, 1.165) is 36.3 Å². The lowest BCUT2D eigenvalue weighted by Crippen LogP contribution is -2.16. The van der Waals surface area contributed by atoms with Crippen LogP contribution < -0.4 is 10.9 Å². The van der Waals surface area contributed by atoms with Gasteiger partial charge in [-0.05, 0) is 52.2 Å². The van der Waals surface area contributed by atoms with Crippen molar-refractivity contribution < 1.29 is 0 Å². The Morgan fingerprint density at radius 3 is 2.78 bits per heavy atom. The molecule has 0 amide bonds. The number of H-pyrrole nitrogens is 1. The van der Waals surface area contributed by atoms with Gasteiger partial charge in [-0.2, -0.15) is 0 Å². The number of nitrogens with zero attached hydrogens (tertiary/aromatic N) is 2. The highest BCUT2D eigenvalue weighted by molar-refractivity contribution is 5.56. The minimum absolute atomic E-state index is 0.106. The summed E-state index contributed by atoms with van der Waals surface area (Å²) in [5.41, 5.74) is 2.08. The van der Waals surface area contributed by atoms with Gasteiger partial charge in [-0.1, -0.05) is 6.08 Å². The largest absolute Gasteiger partial charge is 0.368 e. The van der Waals surface area contributed by atoms with Crippen molar-refractivity contribution in [3.8, 4) is 11.4 Å². The fourth-order valence-corrected chi connectivity index (χ4v) is 2.29. The van der Waals surface area contributed by atoms with E-state index in [-0.39, 0.29) is 5.56 Å². The van der Waals surface area contributed by atoms with E-state index in [4.69, 9.17) is 0 Å². The monoisotopic (exact) mass is 312 g/mol. The second-order valence-electron chi connectivity index (χ2n) is 5.82. The van der Waals surface area contributed by atoms with Crippen molar-refractivity contribution in [1.29, 1.82) is 0 Å². The lowest BCUT2D eigenvalue weighted by molar-refractivity contribution is 0.661. The van der Waals surface area contributed by atoms with Crippen LogP contribution in [0.2, 0.25) is 0 Å². The van der Waals surface area contributed by atoms with Crippen LogP contribution in [0.4, 0.5) is 5.82 Å². The number of unbranched alkanes of at least 4 members (excludes halogenated alkanes) is 1. The van der Waals surface area contributed by atoms with Gasteiger partial charge in [0.05, 0.1) is 0 Å². The molecular formula is C18H24N4O. The summed E-state index contributed by atoms with van der Waals surface area (Å²) < 4.78 is 0. The highest BCUT2D eigenvalue weighted by Crippen LogP contribution is 2.16. The number of pyridine rings is 1. The van der Waals surface area contributed by atoms with E-state index in [9.17, 15) is 4.79 Å². The minimum Gasteiger partial charge on any atom is -0.368 e. The molecule has 0 saturated heterocycles. The lowest BCUT2D eigenvalue weighted by Gasteiger charge is -2.14. The SMILES string of the molecule is C=CCCCC(C)Nc1ccc(-c2nc(C)c(C)c(=O)[nH]2)cn1. The van der Waals surface area contributed by atoms with Crippen molar-refractivity contribution >= 4 is 5.82 Å². The molecule has 0 bridgehead atoms. The molecule has 0 aliphatic heterocycles. The van der Waals surface area contributed by atoms with Gasteiger partial charge < -0.3 is 10.3 Å². The van der Waals surface area contributed by atoms with Gasteiger partial charge in [-0.25, -0.2) is 9.97 Å². The fourth-order valence-electron chi connectivity index (χ4n) is 2.29. The van der Waals surface area contributed by atoms with Crippen LogP contribution in [0, 0.1) is 13.8 Å². The number of anilines is 1. The molecule has 2 heterocycles. The predicted molar refractivity (Wildman–Crippen MR) is 94.7 cm³/mol. The molecule has 1 unspecified atom stereocenters. The van der Waals surface area contributed by atoms with Crippen LogP contribution >= 0.6 is 0 Å². The van der Waals surface area contributed by atoms with Crippen molar-refractivity contribution in [1.82, 2.24) is 15.0 Å². The van der Waals surface area contributed by atoms with E-state index in [1.807, 2.05) is 25.1 Å². The number of hydrogen-bond donors (Lipinski definition) is 2. The average Bonchev–Trinajstić information content (AvgIpc) is 2.53. The van der Waals surface area contributed by atoms with Crippen LogP contribution in [0.3, 0.4) is 0 Å². The Bertz CT molecular complexity index is 719. The number of aromatic nitrogens is 3. The van der Waals surface area contributed by atoms with E-state index in [1.165, 1.54) is 0 Å². The first kappa shape index (κ1) is 16.9. The van der Waals surface area contributed by atoms with Gasteiger partial charge in [-0.3, -0.25) is 4.79 Å². The van der Waals surface area contributed by atoms with Crippen LogP contribution in [-0.2, 0) is 0 Å². The lowest BCUT2D eigenvalue weighted by atomic mass is 10.1. The molecule has 2 aromatic rings. The fraction of sp³-hybridized carbons (Fsp3) is 0.389. The number of hydrogen-bond acceptors (Lipinski definition) is 4. The molecule has 122 valence electrons. The molecule has 2 N–H and O–H groups in total. The maximum Gasteiger partial charge on any atom is 0.254 e. The summed E-state index contributed by atoms with van der Waals surface area (Å²) in [7, 11) is 0. The predicted octanol–water partition coefficient (Wildman–Crippen LogP) is 3.61. The summed E-state index contributed by atoms with van der Waals surface area (Å²) in [6.07, 6.45) is 6.89. The van der Waals surface area contributed by atoms with Crippen molar-refractivity contribution in [2.45, 2.75) is 46.1 Å². The van der Waals surface area contributed by atoms with Crippen LogP contribution in [0.15, 0.2) is 35.8 Å². The second-order valence-corrected chi connectivity index (χ2v) is 5.82. The first-order valence-electron chi connectivity index (χ1n) is 7.92. The van der Waals surface area contributed by atoms with Crippen molar-refractivity contribution in [2.24, 2.45) is 0 Å². The molecule has 0 aliphatic rings. The summed E-state index contributed by atoms with van der Waals surface area (Å²) in [5, 5.41) is 3.37. The van der Waals surface area contributed by atoms with Crippen LogP contribution in [0.5, 0.6) is 0 Å². The van der Waals surface area contributed by atoms with E-state index in [0.29, 0.717) is 17.4 Å². The molecule has 1 atom stereocenters. The number of rotatable bonds is 7. The first-order valence-corrected chi connectivity index (χ1v) is 7.92. The van der Waals surface area contributed by atoms with Gasteiger partial charge >= 0.3 is 0 Å². The van der Waals surface area contributed by atoms with Crippen molar-refractivity contribution in [3.05, 3.63) is 52.6 Å². The number of aromatic amines is 1. The second kappa shape index (κ2) is 7.72. The molecule has 2 rings (SSSR count). The highest BCUT2D eigenvalue weighted by atomic mass is 16.1. The van der Waals surface area contributed by atoms with E-state index < -0.39 is 0 Å². The Morgan fingerprint density at radius 2 is 2.17 bits per heavy atom. The summed E-state index contributed by atoms with van der Waals surface area (Å²) in [4.78, 5) is 23.5. The Hall–Kier alpha value is -2.43. The third-order valence-electron chi connectivity index (χ3n) is 3.87. The van der Waals surface area contributed by atoms with Crippen molar-refractivity contribution in [3.63, 3.8) is 0 Å². The molecule has 2 aromatic heterocycles. The van der Waals surface area contributed by atoms with Gasteiger partial charge in [0.25, 0.3) is 5.56 Å². The van der Waals surface area contributed by atoms with Crippen LogP contribution in [0.1, 0.15) is 37.4 Å². The van der Waals surface area contributed by atoms with Gasteiger partial charge in [0.15, 0.2) is 0 Å². The molecule has 0 aliphatic carbocycles. The third kappa shape index (κ3) is 4.52. The van der Waals surface area contributed by atoms with E-state index in [2.05, 4.69) is 33.8 Å². The maximum atomic E-state index is 11.8. The zero-order valence-electron chi connectivity index (χ0n) is 14.0. The molecular weight excluding hydrogens is 288 g/mol. The van der Waals surface area contributed by atoms with Crippen LogP contribution in [0.25, 0.3) is 11.4 Å². The van der Waals surface area contributed by atoms with Gasteiger partial charge in [0, 0.05) is 29.1 Å². The molecule has 23 heavy (non-hydrogen) atoms. The van der Waals surface area contributed by atoms with Crippen molar-refractivity contribution in [2.75, 3.05) is 5.32 Å². The summed E-state index contributed by atoms with van der Waals surface area (Å²) >= 11 is 0. The zero-order chi connectivity index (χ0) is 16.8. The molecule has 0 saturated carbocycles. The number of nitrogens with one attached hydrogen (secondary N) is 2. The normalized spacial score (nSPS) is 12.0. The van der Waals surface area contributed by atoms with Gasteiger partial charge in [0.1, 0.15) is 11.6 Å². The molecule has 5 heteroatoms. The Morgan fingerprint density at radius 1 is 1.39 bits per heavy atom. The molecule has 0 aromatic carbocycles. The third-order valence-corrected chi connectivity index (χ3v) is 3.87. The van der Waals surface area contributed by atoms with Gasteiger partial charge in [0.2, 0.25) is 0 Å². The minimum atomic E-state index is -0.106. The Labute approximate surface area is 136 Å². The quantitative estimate of drug-likeness (QED) is 0.605. The maximum absolute atomic E-state index is 11.8. The highest BCUT2D eigenvalue weighted by Gasteiger charge is 2.07. The van der Waals surface area contributed by atoms with E-state index >= 15 is 0 Å². The standard InChI is InChI=1S/C18H24N4O/c1-5-6-7-8-12(2)20-16-10-9-15(11-19-16)17-21-14(4)13(3)18(23)22-17/h5,9-12H,1,6-8H2,2-4H3,(H,19,20)(H,21,22,23). The molecule has 0 spiro atoms. The summed E-state index contributed by atoms with van der Waals surface area (Å²) in [6.45, 7) is 9.48. The molecule has 0 fully saturated rings. The molecule has 5 nitrogen and oxygen atoms in total. The van der Waals surface area contributed by atoms with E-state index in [1.54, 1.807) is 13.1 Å². The molecule has 0 radical (unpaired) electrons. The smallest absolute Gasteiger partial charge is 0.254 e. The summed E-state index contributed by atoms with van der Waals surface area (Å²) in [5.74, 6) is 1.38. The zero-order valence-corrected chi connectivity index (χ0v) is 14.0. The number of allylic oxidation sites excluding steroid dienone is 1. The van der Waals surface area contributed by atoms with Gasteiger partial charge in [-0.15, -0.1) is 6.58 Å². The Balaban J connectivity index is 2.07. The first-order chi connectivity index (χ1) is 11.0. The van der Waals surface area contributed by atoms with Crippen LogP contribution in [-0.4, -0.2) is 21.0 Å².